The number of carbonyl (C=O) groups is 1. The van der Waals surface area contributed by atoms with Crippen LogP contribution in [0.5, 0.6) is 0 Å². The second kappa shape index (κ2) is 5.36. The zero-order valence-electron chi connectivity index (χ0n) is 9.51. The normalized spacial score (nSPS) is 17.1. The Labute approximate surface area is 99.0 Å². The summed E-state index contributed by atoms with van der Waals surface area (Å²) in [7, 11) is 0. The van der Waals surface area contributed by atoms with E-state index in [9.17, 15) is 13.6 Å². The lowest BCUT2D eigenvalue weighted by Gasteiger charge is -2.21. The third-order valence-electron chi connectivity index (χ3n) is 3.21. The third-order valence-corrected chi connectivity index (χ3v) is 3.21. The summed E-state index contributed by atoms with van der Waals surface area (Å²) in [5, 5.41) is 3.16. The summed E-state index contributed by atoms with van der Waals surface area (Å²) < 4.78 is 26.7. The van der Waals surface area contributed by atoms with Gasteiger partial charge in [0.05, 0.1) is 0 Å². The van der Waals surface area contributed by atoms with Gasteiger partial charge in [-0.05, 0) is 38.1 Å². The van der Waals surface area contributed by atoms with Gasteiger partial charge in [-0.25, -0.2) is 8.78 Å². The number of piperidine rings is 1. The van der Waals surface area contributed by atoms with E-state index in [2.05, 4.69) is 5.32 Å². The molecule has 0 radical (unpaired) electrons. The first kappa shape index (κ1) is 12.2. The topological polar surface area (TPSA) is 29.1 Å². The molecular weight excluding hydrogens is 224 g/mol. The Balaban J connectivity index is 2.07. The molecule has 0 saturated carbocycles. The number of hydrogen-bond acceptors (Lipinski definition) is 2. The Kier molecular flexibility index (Phi) is 3.84. The molecule has 1 saturated heterocycles. The first-order valence-corrected chi connectivity index (χ1v) is 5.85. The SMILES string of the molecule is O=C(Cc1c(F)cccc1F)C1CCNCC1. The first-order valence-electron chi connectivity index (χ1n) is 5.85. The molecule has 0 amide bonds. The van der Waals surface area contributed by atoms with Crippen molar-refractivity contribution in [3.05, 3.63) is 35.4 Å². The van der Waals surface area contributed by atoms with Gasteiger partial charge >= 0.3 is 0 Å². The van der Waals surface area contributed by atoms with E-state index >= 15 is 0 Å². The molecule has 1 aliphatic heterocycles. The van der Waals surface area contributed by atoms with Crippen molar-refractivity contribution < 1.29 is 13.6 Å². The lowest BCUT2D eigenvalue weighted by Crippen LogP contribution is -2.32. The van der Waals surface area contributed by atoms with E-state index in [1.54, 1.807) is 0 Å². The van der Waals surface area contributed by atoms with Crippen LogP contribution in [0.4, 0.5) is 8.78 Å². The fraction of sp³-hybridized carbons (Fsp3) is 0.462. The van der Waals surface area contributed by atoms with Crippen LogP contribution in [0, 0.1) is 17.6 Å². The van der Waals surface area contributed by atoms with Crippen molar-refractivity contribution in [3.8, 4) is 0 Å². The number of rotatable bonds is 3. The van der Waals surface area contributed by atoms with E-state index in [0.717, 1.165) is 25.9 Å². The second-order valence-electron chi connectivity index (χ2n) is 4.37. The number of hydrogen-bond donors (Lipinski definition) is 1. The maximum atomic E-state index is 13.4. The number of benzene rings is 1. The van der Waals surface area contributed by atoms with Gasteiger partial charge in [-0.2, -0.15) is 0 Å². The van der Waals surface area contributed by atoms with Crippen molar-refractivity contribution in [3.63, 3.8) is 0 Å². The largest absolute Gasteiger partial charge is 0.317 e. The van der Waals surface area contributed by atoms with Crippen LogP contribution < -0.4 is 5.32 Å². The fourth-order valence-corrected chi connectivity index (χ4v) is 2.16. The minimum absolute atomic E-state index is 0.0597. The minimum atomic E-state index is -0.632. The number of carbonyl (C=O) groups excluding carboxylic acids is 1. The standard InChI is InChI=1S/C13H15F2NO/c14-11-2-1-3-12(15)10(11)8-13(17)9-4-6-16-7-5-9/h1-3,9,16H,4-8H2. The van der Waals surface area contributed by atoms with Crippen molar-refractivity contribution in [2.45, 2.75) is 19.3 Å². The molecule has 0 bridgehead atoms. The summed E-state index contributed by atoms with van der Waals surface area (Å²) in [5.41, 5.74) is -0.101. The monoisotopic (exact) mass is 239 g/mol. The van der Waals surface area contributed by atoms with Crippen molar-refractivity contribution in [2.75, 3.05) is 13.1 Å². The Bertz CT molecular complexity index is 394. The van der Waals surface area contributed by atoms with Crippen LogP contribution in [0.2, 0.25) is 0 Å². The van der Waals surface area contributed by atoms with Gasteiger partial charge in [0.2, 0.25) is 0 Å². The van der Waals surface area contributed by atoms with Crippen molar-refractivity contribution in [1.82, 2.24) is 5.32 Å². The molecule has 0 aliphatic carbocycles. The molecule has 0 aromatic heterocycles. The molecule has 1 aromatic carbocycles. The zero-order chi connectivity index (χ0) is 12.3. The first-order chi connectivity index (χ1) is 8.18. The van der Waals surface area contributed by atoms with Crippen LogP contribution in [0.3, 0.4) is 0 Å². The highest BCUT2D eigenvalue weighted by molar-refractivity contribution is 5.83. The van der Waals surface area contributed by atoms with E-state index in [-0.39, 0.29) is 23.7 Å². The van der Waals surface area contributed by atoms with E-state index in [0.29, 0.717) is 0 Å². The zero-order valence-corrected chi connectivity index (χ0v) is 9.51. The molecule has 17 heavy (non-hydrogen) atoms. The van der Waals surface area contributed by atoms with E-state index in [1.165, 1.54) is 18.2 Å². The van der Waals surface area contributed by atoms with Gasteiger partial charge in [0.15, 0.2) is 0 Å². The predicted molar refractivity (Wildman–Crippen MR) is 60.7 cm³/mol. The van der Waals surface area contributed by atoms with Gasteiger partial charge in [-0.1, -0.05) is 6.07 Å². The van der Waals surface area contributed by atoms with Crippen LogP contribution >= 0.6 is 0 Å². The molecule has 1 heterocycles. The van der Waals surface area contributed by atoms with Gasteiger partial charge in [0, 0.05) is 17.9 Å². The Morgan fingerprint density at radius 3 is 2.41 bits per heavy atom. The minimum Gasteiger partial charge on any atom is -0.317 e. The molecule has 0 atom stereocenters. The van der Waals surface area contributed by atoms with Crippen LogP contribution in [0.1, 0.15) is 18.4 Å². The summed E-state index contributed by atoms with van der Waals surface area (Å²) in [4.78, 5) is 11.9. The van der Waals surface area contributed by atoms with Crippen LogP contribution in [0.25, 0.3) is 0 Å². The molecule has 0 unspecified atom stereocenters. The molecule has 1 N–H and O–H groups in total. The summed E-state index contributed by atoms with van der Waals surface area (Å²) in [6, 6.07) is 3.69. The predicted octanol–water partition coefficient (Wildman–Crippen LogP) is 2.08. The highest BCUT2D eigenvalue weighted by Crippen LogP contribution is 2.19. The molecule has 2 rings (SSSR count). The van der Waals surface area contributed by atoms with Gasteiger partial charge < -0.3 is 5.32 Å². The van der Waals surface area contributed by atoms with Gasteiger partial charge in [-0.3, -0.25) is 4.79 Å². The van der Waals surface area contributed by atoms with E-state index in [4.69, 9.17) is 0 Å². The molecule has 4 heteroatoms. The average Bonchev–Trinajstić information content (AvgIpc) is 2.35. The number of nitrogens with one attached hydrogen (secondary N) is 1. The lowest BCUT2D eigenvalue weighted by atomic mass is 9.90. The van der Waals surface area contributed by atoms with Gasteiger partial charge in [-0.15, -0.1) is 0 Å². The Morgan fingerprint density at radius 1 is 1.24 bits per heavy atom. The van der Waals surface area contributed by atoms with Gasteiger partial charge in [0.1, 0.15) is 17.4 Å². The number of ketones is 1. The molecule has 1 aliphatic rings. The van der Waals surface area contributed by atoms with Crippen molar-refractivity contribution in [2.24, 2.45) is 5.92 Å². The molecule has 1 fully saturated rings. The molecule has 2 nitrogen and oxygen atoms in total. The fourth-order valence-electron chi connectivity index (χ4n) is 2.16. The highest BCUT2D eigenvalue weighted by atomic mass is 19.1. The van der Waals surface area contributed by atoms with E-state index < -0.39 is 11.6 Å². The average molecular weight is 239 g/mol. The lowest BCUT2D eigenvalue weighted by molar-refractivity contribution is -0.123. The molecule has 0 spiro atoms. The number of Topliss-reactive ketones (excluding diaryl/α,β-unsaturated/α-hetero) is 1. The van der Waals surface area contributed by atoms with Crippen molar-refractivity contribution in [1.29, 1.82) is 0 Å². The summed E-state index contributed by atoms with van der Waals surface area (Å²) in [6.45, 7) is 1.60. The maximum absolute atomic E-state index is 13.4. The molecule has 92 valence electrons. The summed E-state index contributed by atoms with van der Waals surface area (Å²) in [5.74, 6) is -1.38. The van der Waals surface area contributed by atoms with Crippen molar-refractivity contribution >= 4 is 5.78 Å². The maximum Gasteiger partial charge on any atom is 0.140 e. The quantitative estimate of drug-likeness (QED) is 0.875. The van der Waals surface area contributed by atoms with Crippen LogP contribution in [0.15, 0.2) is 18.2 Å². The van der Waals surface area contributed by atoms with E-state index in [1.807, 2.05) is 0 Å². The summed E-state index contributed by atoms with van der Waals surface area (Å²) >= 11 is 0. The summed E-state index contributed by atoms with van der Waals surface area (Å²) in [6.07, 6.45) is 1.38. The number of halogens is 2. The van der Waals surface area contributed by atoms with Gasteiger partial charge in [0.25, 0.3) is 0 Å². The van der Waals surface area contributed by atoms with Crippen LogP contribution in [-0.4, -0.2) is 18.9 Å². The third kappa shape index (κ3) is 2.88. The molecular formula is C13H15F2NO. The van der Waals surface area contributed by atoms with Crippen LogP contribution in [-0.2, 0) is 11.2 Å². The Morgan fingerprint density at radius 2 is 1.82 bits per heavy atom. The Hall–Kier alpha value is -1.29. The second-order valence-corrected chi connectivity index (χ2v) is 4.37. The molecule has 1 aromatic rings. The highest BCUT2D eigenvalue weighted by Gasteiger charge is 2.23. The smallest absolute Gasteiger partial charge is 0.140 e.